The molecule has 0 aliphatic carbocycles. The Hall–Kier alpha value is -1.48. The van der Waals surface area contributed by atoms with Crippen molar-refractivity contribution < 1.29 is 24.2 Å². The molecule has 2 fully saturated rings. The van der Waals surface area contributed by atoms with Gasteiger partial charge < -0.3 is 24.8 Å². The first-order chi connectivity index (χ1) is 12.9. The normalized spacial score (nSPS) is 29.5. The van der Waals surface area contributed by atoms with Gasteiger partial charge in [-0.1, -0.05) is 6.07 Å². The van der Waals surface area contributed by atoms with Crippen molar-refractivity contribution in [1.82, 2.24) is 10.2 Å². The van der Waals surface area contributed by atoms with Crippen molar-refractivity contribution in [3.05, 3.63) is 22.4 Å². The van der Waals surface area contributed by atoms with E-state index in [1.54, 1.807) is 6.92 Å². The summed E-state index contributed by atoms with van der Waals surface area (Å²) >= 11 is 1.53. The second kappa shape index (κ2) is 8.68. The van der Waals surface area contributed by atoms with Crippen LogP contribution in [0.4, 0.5) is 0 Å². The van der Waals surface area contributed by atoms with E-state index in [0.717, 1.165) is 4.88 Å². The summed E-state index contributed by atoms with van der Waals surface area (Å²) in [6.45, 7) is 3.29. The summed E-state index contributed by atoms with van der Waals surface area (Å²) in [5.74, 6) is -0.289. The van der Waals surface area contributed by atoms with Gasteiger partial charge in [-0.15, -0.1) is 11.3 Å². The van der Waals surface area contributed by atoms with E-state index in [1.807, 2.05) is 22.4 Å². The lowest BCUT2D eigenvalue weighted by atomic mass is 9.80. The maximum Gasteiger partial charge on any atom is 0.246 e. The molecule has 8 heteroatoms. The van der Waals surface area contributed by atoms with E-state index in [-0.39, 0.29) is 24.3 Å². The number of methoxy groups -OCH3 is 1. The first-order valence-electron chi connectivity index (χ1n) is 9.36. The minimum Gasteiger partial charge on any atom is -0.388 e. The van der Waals surface area contributed by atoms with Crippen molar-refractivity contribution in [3.8, 4) is 0 Å². The van der Waals surface area contributed by atoms with Gasteiger partial charge in [0.25, 0.3) is 0 Å². The summed E-state index contributed by atoms with van der Waals surface area (Å²) in [7, 11) is 1.45. The number of hydrogen-bond acceptors (Lipinski definition) is 6. The molecule has 2 aliphatic rings. The van der Waals surface area contributed by atoms with Crippen LogP contribution in [0, 0.1) is 5.92 Å². The minimum absolute atomic E-state index is 0.0698. The first kappa shape index (κ1) is 20.3. The number of thiophene rings is 1. The van der Waals surface area contributed by atoms with Gasteiger partial charge in [0.15, 0.2) is 0 Å². The van der Waals surface area contributed by atoms with Crippen molar-refractivity contribution in [2.75, 3.05) is 33.5 Å². The molecule has 2 saturated heterocycles. The molecule has 3 rings (SSSR count). The van der Waals surface area contributed by atoms with E-state index in [2.05, 4.69) is 5.32 Å². The summed E-state index contributed by atoms with van der Waals surface area (Å²) < 4.78 is 10.3. The third kappa shape index (κ3) is 4.51. The fourth-order valence-electron chi connectivity index (χ4n) is 3.95. The lowest BCUT2D eigenvalue weighted by Crippen LogP contribution is -2.64. The standard InChI is InChI=1S/C19H28N2O5S/c1-19(24)7-8-21(18(23)13-5-9-26-10-6-13)16(14-4-3-11-27-14)17(19)20-15(22)12-25-2/h3-4,11,13,16-17,24H,5-10,12H2,1-2H3,(H,20,22)/t16-,17-,19+/m0/s1. The summed E-state index contributed by atoms with van der Waals surface area (Å²) in [4.78, 5) is 28.3. The number of hydrogen-bond donors (Lipinski definition) is 2. The minimum atomic E-state index is -1.12. The van der Waals surface area contributed by atoms with Crippen LogP contribution in [0.3, 0.4) is 0 Å². The first-order valence-corrected chi connectivity index (χ1v) is 10.2. The number of amides is 2. The van der Waals surface area contributed by atoms with E-state index < -0.39 is 17.7 Å². The highest BCUT2D eigenvalue weighted by molar-refractivity contribution is 7.10. The third-order valence-corrected chi connectivity index (χ3v) is 6.40. The molecule has 7 nitrogen and oxygen atoms in total. The highest BCUT2D eigenvalue weighted by atomic mass is 32.1. The highest BCUT2D eigenvalue weighted by Crippen LogP contribution is 2.40. The number of nitrogens with one attached hydrogen (secondary N) is 1. The maximum absolute atomic E-state index is 13.3. The molecule has 0 unspecified atom stereocenters. The Morgan fingerprint density at radius 1 is 1.44 bits per heavy atom. The molecule has 2 amide bonds. The van der Waals surface area contributed by atoms with Gasteiger partial charge in [0.05, 0.1) is 17.7 Å². The van der Waals surface area contributed by atoms with E-state index >= 15 is 0 Å². The van der Waals surface area contributed by atoms with Gasteiger partial charge in [0.1, 0.15) is 6.61 Å². The fraction of sp³-hybridized carbons (Fsp3) is 0.684. The van der Waals surface area contributed by atoms with Gasteiger partial charge in [-0.25, -0.2) is 0 Å². The molecule has 3 heterocycles. The van der Waals surface area contributed by atoms with Gasteiger partial charge in [-0.2, -0.15) is 0 Å². The van der Waals surface area contributed by atoms with Crippen molar-refractivity contribution in [2.45, 2.75) is 43.9 Å². The molecule has 0 saturated carbocycles. The number of rotatable bonds is 5. The summed E-state index contributed by atoms with van der Waals surface area (Å²) in [5.41, 5.74) is -1.12. The van der Waals surface area contributed by atoms with Gasteiger partial charge in [-0.3, -0.25) is 9.59 Å². The smallest absolute Gasteiger partial charge is 0.246 e. The number of aliphatic hydroxyl groups is 1. The average molecular weight is 397 g/mol. The Balaban J connectivity index is 1.90. The average Bonchev–Trinajstić information content (AvgIpc) is 3.18. The molecule has 1 aromatic heterocycles. The molecule has 1 aromatic rings. The van der Waals surface area contributed by atoms with Crippen LogP contribution < -0.4 is 5.32 Å². The van der Waals surface area contributed by atoms with E-state index in [0.29, 0.717) is 39.0 Å². The topological polar surface area (TPSA) is 88.1 Å². The van der Waals surface area contributed by atoms with Gasteiger partial charge >= 0.3 is 0 Å². The Kier molecular flexibility index (Phi) is 6.52. The Labute approximate surface area is 163 Å². The SMILES string of the molecule is COCC(=O)N[C@H]1[C@H](c2cccs2)N(C(=O)C2CCOCC2)CC[C@@]1(C)O. The highest BCUT2D eigenvalue weighted by Gasteiger charge is 2.49. The molecule has 3 atom stereocenters. The summed E-state index contributed by atoms with van der Waals surface area (Å²) in [5, 5.41) is 15.9. The Morgan fingerprint density at radius 2 is 2.19 bits per heavy atom. The number of carbonyl (C=O) groups is 2. The second-order valence-corrected chi connectivity index (χ2v) is 8.44. The van der Waals surface area contributed by atoms with E-state index in [1.165, 1.54) is 18.4 Å². The van der Waals surface area contributed by atoms with Crippen molar-refractivity contribution >= 4 is 23.2 Å². The van der Waals surface area contributed by atoms with Gasteiger partial charge in [-0.05, 0) is 37.6 Å². The Morgan fingerprint density at radius 3 is 2.81 bits per heavy atom. The van der Waals surface area contributed by atoms with Crippen LogP contribution in [-0.2, 0) is 19.1 Å². The molecule has 2 N–H and O–H groups in total. The summed E-state index contributed by atoms with van der Waals surface area (Å²) in [6, 6.07) is 2.88. The van der Waals surface area contributed by atoms with E-state index in [4.69, 9.17) is 9.47 Å². The molecule has 2 aliphatic heterocycles. The third-order valence-electron chi connectivity index (χ3n) is 5.46. The zero-order chi connectivity index (χ0) is 19.4. The van der Waals surface area contributed by atoms with Crippen molar-refractivity contribution in [2.24, 2.45) is 5.92 Å². The molecule has 0 radical (unpaired) electrons. The van der Waals surface area contributed by atoms with Crippen LogP contribution >= 0.6 is 11.3 Å². The quantitative estimate of drug-likeness (QED) is 0.784. The molecule has 150 valence electrons. The van der Waals surface area contributed by atoms with Crippen molar-refractivity contribution in [3.63, 3.8) is 0 Å². The van der Waals surface area contributed by atoms with Crippen LogP contribution in [0.2, 0.25) is 0 Å². The molecule has 27 heavy (non-hydrogen) atoms. The van der Waals surface area contributed by atoms with Crippen LogP contribution in [0.15, 0.2) is 17.5 Å². The maximum atomic E-state index is 13.3. The lowest BCUT2D eigenvalue weighted by Gasteiger charge is -2.49. The lowest BCUT2D eigenvalue weighted by molar-refractivity contribution is -0.152. The number of ether oxygens (including phenoxy) is 2. The molecule has 0 aromatic carbocycles. The van der Waals surface area contributed by atoms with Gasteiger partial charge in [0.2, 0.25) is 11.8 Å². The zero-order valence-corrected chi connectivity index (χ0v) is 16.7. The number of piperidine rings is 1. The predicted molar refractivity (Wildman–Crippen MR) is 101 cm³/mol. The van der Waals surface area contributed by atoms with Crippen molar-refractivity contribution in [1.29, 1.82) is 0 Å². The zero-order valence-electron chi connectivity index (χ0n) is 15.8. The molecular weight excluding hydrogens is 368 g/mol. The Bertz CT molecular complexity index is 643. The number of nitrogens with zero attached hydrogens (tertiary/aromatic N) is 1. The number of likely N-dealkylation sites (tertiary alicyclic amines) is 1. The fourth-order valence-corrected chi connectivity index (χ4v) is 4.82. The largest absolute Gasteiger partial charge is 0.388 e. The summed E-state index contributed by atoms with van der Waals surface area (Å²) in [6.07, 6.45) is 1.83. The monoisotopic (exact) mass is 396 g/mol. The predicted octanol–water partition coefficient (Wildman–Crippen LogP) is 1.33. The van der Waals surface area contributed by atoms with Crippen LogP contribution in [0.1, 0.15) is 37.1 Å². The van der Waals surface area contributed by atoms with Crippen LogP contribution in [0.5, 0.6) is 0 Å². The molecule has 0 bridgehead atoms. The molecule has 0 spiro atoms. The van der Waals surface area contributed by atoms with Gasteiger partial charge in [0, 0.05) is 37.7 Å². The molecular formula is C19H28N2O5S. The number of carbonyl (C=O) groups excluding carboxylic acids is 2. The second-order valence-electron chi connectivity index (χ2n) is 7.46. The van der Waals surface area contributed by atoms with E-state index in [9.17, 15) is 14.7 Å². The van der Waals surface area contributed by atoms with Crippen LogP contribution in [-0.4, -0.2) is 66.9 Å². The van der Waals surface area contributed by atoms with Crippen LogP contribution in [0.25, 0.3) is 0 Å².